The number of hydrogen-bond acceptors (Lipinski definition) is 8. The molecule has 0 aliphatic carbocycles. The van der Waals surface area contributed by atoms with Crippen LogP contribution >= 0.6 is 34.2 Å². The number of imidazole rings is 1. The fourth-order valence-electron chi connectivity index (χ4n) is 1.96. The maximum atomic E-state index is 9.83. The summed E-state index contributed by atoms with van der Waals surface area (Å²) in [5.41, 5.74) is 0.640. The number of hydrogen-bond donors (Lipinski definition) is 3. The van der Waals surface area contributed by atoms with Gasteiger partial charge in [-0.15, -0.1) is 4.73 Å². The Bertz CT molecular complexity index is 670. The van der Waals surface area contributed by atoms with Crippen LogP contribution in [0.15, 0.2) is 6.33 Å². The zero-order chi connectivity index (χ0) is 15.1. The van der Waals surface area contributed by atoms with E-state index in [0.29, 0.717) is 15.0 Å². The number of halogens is 2. The highest BCUT2D eigenvalue weighted by Gasteiger charge is 2.44. The van der Waals surface area contributed by atoms with Gasteiger partial charge < -0.3 is 24.9 Å². The summed E-state index contributed by atoms with van der Waals surface area (Å²) in [6, 6.07) is 0. The van der Waals surface area contributed by atoms with Crippen LogP contribution in [-0.4, -0.2) is 66.2 Å². The van der Waals surface area contributed by atoms with Crippen LogP contribution in [0.3, 0.4) is 0 Å². The van der Waals surface area contributed by atoms with Crippen LogP contribution in [0.1, 0.15) is 0 Å². The Labute approximate surface area is 136 Å². The van der Waals surface area contributed by atoms with E-state index >= 15 is 0 Å². The molecular weight excluding hydrogens is 418 g/mol. The standard InChI is InChI=1S/C10H10ClIN4O5/c11-7-4-8(15-10(12)14-7)16(2-13-4)21-9-6(19)5(18)3(1-17)20-9/h2-3,5-6,9,17-19H,1H2/t3-,5-,6-,9-/m1/s1. The molecule has 2 aromatic heterocycles. The van der Waals surface area contributed by atoms with Crippen LogP contribution in [0.4, 0.5) is 0 Å². The van der Waals surface area contributed by atoms with Gasteiger partial charge in [-0.25, -0.2) is 9.97 Å². The molecule has 1 aliphatic heterocycles. The van der Waals surface area contributed by atoms with Crippen molar-refractivity contribution in [3.8, 4) is 0 Å². The number of fused-ring (bicyclic) bond motifs is 1. The van der Waals surface area contributed by atoms with Crippen LogP contribution in [0.2, 0.25) is 5.15 Å². The summed E-state index contributed by atoms with van der Waals surface area (Å²) >= 11 is 7.84. The maximum Gasteiger partial charge on any atom is 0.254 e. The Kier molecular flexibility index (Phi) is 4.16. The van der Waals surface area contributed by atoms with E-state index in [4.69, 9.17) is 26.3 Å². The van der Waals surface area contributed by atoms with E-state index in [9.17, 15) is 10.2 Å². The first-order chi connectivity index (χ1) is 10.0. The molecule has 0 spiro atoms. The summed E-state index contributed by atoms with van der Waals surface area (Å²) < 4.78 is 6.79. The second kappa shape index (κ2) is 5.78. The molecule has 3 heterocycles. The summed E-state index contributed by atoms with van der Waals surface area (Å²) in [5, 5.41) is 28.7. The van der Waals surface area contributed by atoms with Crippen LogP contribution in [0.25, 0.3) is 11.2 Å². The minimum atomic E-state index is -1.31. The Morgan fingerprint density at radius 2 is 2.14 bits per heavy atom. The molecule has 1 fully saturated rings. The molecule has 0 amide bonds. The van der Waals surface area contributed by atoms with Crippen molar-refractivity contribution in [3.63, 3.8) is 0 Å². The lowest BCUT2D eigenvalue weighted by molar-refractivity contribution is -0.169. The third-order valence-electron chi connectivity index (χ3n) is 3.01. The largest absolute Gasteiger partial charge is 0.394 e. The number of aromatic nitrogens is 4. The molecule has 1 aliphatic rings. The van der Waals surface area contributed by atoms with Crippen molar-refractivity contribution in [2.24, 2.45) is 0 Å². The van der Waals surface area contributed by atoms with Gasteiger partial charge in [0.15, 0.2) is 8.98 Å². The number of aliphatic hydroxyl groups excluding tert-OH is 3. The summed E-state index contributed by atoms with van der Waals surface area (Å²) in [6.07, 6.45) is -3.33. The number of rotatable bonds is 3. The monoisotopic (exact) mass is 428 g/mol. The first kappa shape index (κ1) is 15.1. The quantitative estimate of drug-likeness (QED) is 0.322. The summed E-state index contributed by atoms with van der Waals surface area (Å²) in [6.45, 7) is -0.436. The van der Waals surface area contributed by atoms with Gasteiger partial charge in [0.05, 0.1) is 6.61 Å². The van der Waals surface area contributed by atoms with Crippen LogP contribution in [0.5, 0.6) is 0 Å². The first-order valence-corrected chi connectivity index (χ1v) is 7.32. The molecule has 11 heteroatoms. The van der Waals surface area contributed by atoms with E-state index in [1.807, 2.05) is 22.6 Å². The predicted octanol–water partition coefficient (Wildman–Crippen LogP) is -1.05. The van der Waals surface area contributed by atoms with Gasteiger partial charge in [-0.2, -0.15) is 4.98 Å². The molecule has 0 radical (unpaired) electrons. The average Bonchev–Trinajstić information content (AvgIpc) is 2.96. The second-order valence-electron chi connectivity index (χ2n) is 4.34. The second-order valence-corrected chi connectivity index (χ2v) is 5.66. The van der Waals surface area contributed by atoms with Crippen molar-refractivity contribution in [2.45, 2.75) is 24.6 Å². The lowest BCUT2D eigenvalue weighted by Crippen LogP contribution is -2.38. The van der Waals surface area contributed by atoms with Gasteiger partial charge in [-0.1, -0.05) is 11.6 Å². The molecule has 3 rings (SSSR count). The van der Waals surface area contributed by atoms with Crippen molar-refractivity contribution < 1.29 is 24.9 Å². The van der Waals surface area contributed by atoms with Gasteiger partial charge in [0.1, 0.15) is 30.2 Å². The van der Waals surface area contributed by atoms with E-state index in [1.54, 1.807) is 0 Å². The molecule has 0 saturated carbocycles. The lowest BCUT2D eigenvalue weighted by Gasteiger charge is -2.16. The van der Waals surface area contributed by atoms with E-state index < -0.39 is 31.2 Å². The van der Waals surface area contributed by atoms with E-state index in [2.05, 4.69) is 15.0 Å². The highest BCUT2D eigenvalue weighted by Crippen LogP contribution is 2.23. The van der Waals surface area contributed by atoms with Crippen molar-refractivity contribution in [2.75, 3.05) is 6.61 Å². The van der Waals surface area contributed by atoms with E-state index in [1.165, 1.54) is 11.1 Å². The fraction of sp³-hybridized carbons (Fsp3) is 0.500. The van der Waals surface area contributed by atoms with E-state index in [-0.39, 0.29) is 5.15 Å². The molecular formula is C10H10ClIN4O5. The molecule has 0 unspecified atom stereocenters. The van der Waals surface area contributed by atoms with Gasteiger partial charge in [0.2, 0.25) is 5.65 Å². The summed E-state index contributed by atoms with van der Waals surface area (Å²) in [4.78, 5) is 17.5. The maximum absolute atomic E-state index is 9.83. The van der Waals surface area contributed by atoms with Gasteiger partial charge in [0.25, 0.3) is 6.29 Å². The lowest BCUT2D eigenvalue weighted by atomic mass is 10.1. The van der Waals surface area contributed by atoms with E-state index in [0.717, 1.165) is 0 Å². The third-order valence-corrected chi connectivity index (χ3v) is 3.76. The molecule has 21 heavy (non-hydrogen) atoms. The highest BCUT2D eigenvalue weighted by molar-refractivity contribution is 14.1. The summed E-state index contributed by atoms with van der Waals surface area (Å²) in [5.74, 6) is 0. The van der Waals surface area contributed by atoms with Crippen molar-refractivity contribution in [3.05, 3.63) is 15.3 Å². The first-order valence-electron chi connectivity index (χ1n) is 5.87. The van der Waals surface area contributed by atoms with Crippen LogP contribution < -0.4 is 4.84 Å². The highest BCUT2D eigenvalue weighted by atomic mass is 127. The Balaban J connectivity index is 1.89. The number of nitrogens with zero attached hydrogens (tertiary/aromatic N) is 4. The summed E-state index contributed by atoms with van der Waals surface area (Å²) in [7, 11) is 0. The topological polar surface area (TPSA) is 123 Å². The van der Waals surface area contributed by atoms with Crippen molar-refractivity contribution >= 4 is 45.4 Å². The normalized spacial score (nSPS) is 29.2. The van der Waals surface area contributed by atoms with Crippen molar-refractivity contribution in [1.29, 1.82) is 0 Å². The number of ether oxygens (including phenoxy) is 1. The van der Waals surface area contributed by atoms with Gasteiger partial charge in [-0.3, -0.25) is 0 Å². The molecule has 1 saturated heterocycles. The minimum Gasteiger partial charge on any atom is -0.394 e. The molecule has 114 valence electrons. The zero-order valence-electron chi connectivity index (χ0n) is 10.3. The fourth-order valence-corrected chi connectivity index (χ4v) is 2.79. The molecule has 0 bridgehead atoms. The Morgan fingerprint density at radius 1 is 1.38 bits per heavy atom. The Hall–Kier alpha value is -0.790. The van der Waals surface area contributed by atoms with Crippen molar-refractivity contribution in [1.82, 2.24) is 19.7 Å². The van der Waals surface area contributed by atoms with Gasteiger partial charge in [0, 0.05) is 22.6 Å². The van der Waals surface area contributed by atoms with Gasteiger partial charge >= 0.3 is 0 Å². The molecule has 0 aromatic carbocycles. The predicted molar refractivity (Wildman–Crippen MR) is 77.4 cm³/mol. The SMILES string of the molecule is OC[C@H]1O[C@H](On2cnc3c(Cl)nc(I)nc32)[C@H](O)[C@@H]1O. The van der Waals surface area contributed by atoms with Crippen LogP contribution in [0, 0.1) is 3.83 Å². The zero-order valence-corrected chi connectivity index (χ0v) is 13.2. The minimum absolute atomic E-state index is 0.174. The molecule has 3 N–H and O–H groups in total. The Morgan fingerprint density at radius 3 is 2.81 bits per heavy atom. The molecule has 4 atom stereocenters. The number of aliphatic hydroxyl groups is 3. The molecule has 9 nitrogen and oxygen atoms in total. The average molecular weight is 429 g/mol. The molecule has 2 aromatic rings. The smallest absolute Gasteiger partial charge is 0.254 e. The van der Waals surface area contributed by atoms with Gasteiger partial charge in [-0.05, 0) is 0 Å². The third kappa shape index (κ3) is 2.66. The van der Waals surface area contributed by atoms with Crippen LogP contribution in [-0.2, 0) is 4.74 Å².